The van der Waals surface area contributed by atoms with Gasteiger partial charge in [-0.15, -0.1) is 0 Å². The van der Waals surface area contributed by atoms with Crippen LogP contribution in [0.3, 0.4) is 0 Å². The van der Waals surface area contributed by atoms with Gasteiger partial charge in [0.1, 0.15) is 11.9 Å². The molecule has 114 valence electrons. The van der Waals surface area contributed by atoms with Crippen molar-refractivity contribution in [3.05, 3.63) is 64.5 Å². The molecule has 4 heteroatoms. The number of anilines is 1. The number of hydrogen-bond acceptors (Lipinski definition) is 2. The average molecular weight is 299 g/mol. The lowest BCUT2D eigenvalue weighted by Gasteiger charge is -2.18. The normalized spacial score (nSPS) is 17.0. The molecule has 3 rings (SSSR count). The first-order valence-electron chi connectivity index (χ1n) is 7.20. The highest BCUT2D eigenvalue weighted by Gasteiger charge is 2.40. The fraction of sp³-hybridized carbons (Fsp3) is 0.278. The van der Waals surface area contributed by atoms with Crippen molar-refractivity contribution in [2.45, 2.75) is 32.3 Å². The molecule has 0 spiro atoms. The quantitative estimate of drug-likeness (QED) is 0.892. The molecule has 0 fully saturated rings. The Labute approximate surface area is 128 Å². The van der Waals surface area contributed by atoms with Crippen LogP contribution in [0.4, 0.5) is 10.1 Å². The average Bonchev–Trinajstić information content (AvgIpc) is 2.69. The van der Waals surface area contributed by atoms with Gasteiger partial charge in [-0.3, -0.25) is 4.79 Å². The van der Waals surface area contributed by atoms with Crippen LogP contribution in [-0.2, 0) is 10.2 Å². The molecule has 2 aromatic carbocycles. The van der Waals surface area contributed by atoms with Crippen molar-refractivity contribution in [3.8, 4) is 0 Å². The summed E-state index contributed by atoms with van der Waals surface area (Å²) in [5, 5.41) is 13.4. The monoisotopic (exact) mass is 299 g/mol. The highest BCUT2D eigenvalue weighted by atomic mass is 19.1. The minimum Gasteiger partial charge on any atom is -0.384 e. The second-order valence-electron chi connectivity index (χ2n) is 6.31. The van der Waals surface area contributed by atoms with Gasteiger partial charge < -0.3 is 10.4 Å². The zero-order valence-corrected chi connectivity index (χ0v) is 12.8. The lowest BCUT2D eigenvalue weighted by molar-refractivity contribution is -0.119. The minimum atomic E-state index is -0.987. The van der Waals surface area contributed by atoms with Crippen LogP contribution in [0.2, 0.25) is 0 Å². The van der Waals surface area contributed by atoms with Crippen molar-refractivity contribution in [3.63, 3.8) is 0 Å². The van der Waals surface area contributed by atoms with Gasteiger partial charge in [0.25, 0.3) is 0 Å². The fourth-order valence-corrected chi connectivity index (χ4v) is 2.89. The van der Waals surface area contributed by atoms with Crippen LogP contribution in [0.1, 0.15) is 42.2 Å². The first-order chi connectivity index (χ1) is 10.3. The van der Waals surface area contributed by atoms with Crippen LogP contribution in [0, 0.1) is 12.7 Å². The standard InChI is InChI=1S/C18H18FNO2/c1-10-5-4-6-11(7-10)16(21)13-8-12(19)9-14-15(13)20-17(22)18(14,2)3/h4-9,16,21H,1-3H3,(H,20,22). The van der Waals surface area contributed by atoms with Crippen molar-refractivity contribution >= 4 is 11.6 Å². The van der Waals surface area contributed by atoms with Gasteiger partial charge in [0.2, 0.25) is 5.91 Å². The predicted octanol–water partition coefficient (Wildman–Crippen LogP) is 3.45. The summed E-state index contributed by atoms with van der Waals surface area (Å²) in [6.45, 7) is 5.42. The van der Waals surface area contributed by atoms with Gasteiger partial charge in [-0.25, -0.2) is 4.39 Å². The van der Waals surface area contributed by atoms with E-state index in [-0.39, 0.29) is 5.91 Å². The molecule has 1 aliphatic heterocycles. The maximum Gasteiger partial charge on any atom is 0.234 e. The van der Waals surface area contributed by atoms with E-state index in [0.29, 0.717) is 22.4 Å². The molecule has 1 aliphatic rings. The number of aryl methyl sites for hydroxylation is 1. The molecule has 1 unspecified atom stereocenters. The third-order valence-electron chi connectivity index (χ3n) is 4.27. The Kier molecular flexibility index (Phi) is 3.29. The number of aliphatic hydroxyl groups excluding tert-OH is 1. The van der Waals surface area contributed by atoms with E-state index in [0.717, 1.165) is 5.56 Å². The van der Waals surface area contributed by atoms with Gasteiger partial charge in [0.15, 0.2) is 0 Å². The van der Waals surface area contributed by atoms with Gasteiger partial charge in [-0.05, 0) is 44.0 Å². The molecule has 0 bridgehead atoms. The SMILES string of the molecule is Cc1cccc(C(O)c2cc(F)cc3c2NC(=O)C3(C)C)c1. The maximum atomic E-state index is 14.0. The number of hydrogen-bond donors (Lipinski definition) is 2. The summed E-state index contributed by atoms with van der Waals surface area (Å²) >= 11 is 0. The summed E-state index contributed by atoms with van der Waals surface area (Å²) in [5.74, 6) is -0.643. The summed E-state index contributed by atoms with van der Waals surface area (Å²) in [5.41, 5.74) is 2.36. The van der Waals surface area contributed by atoms with Crippen LogP contribution in [-0.4, -0.2) is 11.0 Å². The Balaban J connectivity index is 2.15. The van der Waals surface area contributed by atoms with Crippen molar-refractivity contribution in [2.24, 2.45) is 0 Å². The molecular weight excluding hydrogens is 281 g/mol. The highest BCUT2D eigenvalue weighted by Crippen LogP contribution is 2.43. The second-order valence-corrected chi connectivity index (χ2v) is 6.31. The molecule has 0 saturated carbocycles. The molecule has 22 heavy (non-hydrogen) atoms. The predicted molar refractivity (Wildman–Crippen MR) is 83.3 cm³/mol. The number of carbonyl (C=O) groups is 1. The van der Waals surface area contributed by atoms with Gasteiger partial charge in [0, 0.05) is 5.56 Å². The van der Waals surface area contributed by atoms with Crippen molar-refractivity contribution in [2.75, 3.05) is 5.32 Å². The number of rotatable bonds is 2. The molecule has 0 radical (unpaired) electrons. The molecule has 3 nitrogen and oxygen atoms in total. The van der Waals surface area contributed by atoms with E-state index in [2.05, 4.69) is 5.32 Å². The second kappa shape index (κ2) is 4.92. The number of halogens is 1. The van der Waals surface area contributed by atoms with Gasteiger partial charge in [-0.2, -0.15) is 0 Å². The number of amides is 1. The van der Waals surface area contributed by atoms with Crippen molar-refractivity contribution in [1.29, 1.82) is 0 Å². The molecule has 0 aliphatic carbocycles. The molecule has 1 atom stereocenters. The van der Waals surface area contributed by atoms with Crippen LogP contribution < -0.4 is 5.32 Å². The molecular formula is C18H18FNO2. The third kappa shape index (κ3) is 2.20. The third-order valence-corrected chi connectivity index (χ3v) is 4.27. The Morgan fingerprint density at radius 3 is 2.64 bits per heavy atom. The number of fused-ring (bicyclic) bond motifs is 1. The maximum absolute atomic E-state index is 14.0. The molecule has 2 N–H and O–H groups in total. The topological polar surface area (TPSA) is 49.3 Å². The van der Waals surface area contributed by atoms with Gasteiger partial charge in [-0.1, -0.05) is 29.8 Å². The Morgan fingerprint density at radius 2 is 1.95 bits per heavy atom. The number of aliphatic hydroxyl groups is 1. The van der Waals surface area contributed by atoms with E-state index in [9.17, 15) is 14.3 Å². The molecule has 0 aromatic heterocycles. The summed E-state index contributed by atoms with van der Waals surface area (Å²) in [6.07, 6.45) is -0.987. The zero-order chi connectivity index (χ0) is 16.1. The van der Waals surface area contributed by atoms with Crippen molar-refractivity contribution < 1.29 is 14.3 Å². The van der Waals surface area contributed by atoms with Crippen LogP contribution in [0.15, 0.2) is 36.4 Å². The molecule has 1 heterocycles. The van der Waals surface area contributed by atoms with Crippen LogP contribution in [0.25, 0.3) is 0 Å². The molecule has 1 amide bonds. The number of carbonyl (C=O) groups excluding carboxylic acids is 1. The van der Waals surface area contributed by atoms with Crippen molar-refractivity contribution in [1.82, 2.24) is 0 Å². The number of benzene rings is 2. The molecule has 0 saturated heterocycles. The first kappa shape index (κ1) is 14.7. The zero-order valence-electron chi connectivity index (χ0n) is 12.8. The highest BCUT2D eigenvalue weighted by molar-refractivity contribution is 6.06. The van der Waals surface area contributed by atoms with Crippen LogP contribution >= 0.6 is 0 Å². The fourth-order valence-electron chi connectivity index (χ4n) is 2.89. The smallest absolute Gasteiger partial charge is 0.234 e. The Bertz CT molecular complexity index is 768. The summed E-state index contributed by atoms with van der Waals surface area (Å²) < 4.78 is 14.0. The summed E-state index contributed by atoms with van der Waals surface area (Å²) in [4.78, 5) is 12.1. The molecule has 2 aromatic rings. The van der Waals surface area contributed by atoms with Crippen LogP contribution in [0.5, 0.6) is 0 Å². The van der Waals surface area contributed by atoms with E-state index in [1.54, 1.807) is 19.9 Å². The summed E-state index contributed by atoms with van der Waals surface area (Å²) in [7, 11) is 0. The van der Waals surface area contributed by atoms with E-state index in [1.807, 2.05) is 25.1 Å². The first-order valence-corrected chi connectivity index (χ1v) is 7.20. The minimum absolute atomic E-state index is 0.189. The van der Waals surface area contributed by atoms with E-state index in [1.165, 1.54) is 12.1 Å². The van der Waals surface area contributed by atoms with E-state index >= 15 is 0 Å². The summed E-state index contributed by atoms with van der Waals surface area (Å²) in [6, 6.07) is 10.1. The lowest BCUT2D eigenvalue weighted by Crippen LogP contribution is -2.26. The van der Waals surface area contributed by atoms with E-state index in [4.69, 9.17) is 0 Å². The Morgan fingerprint density at radius 1 is 1.23 bits per heavy atom. The van der Waals surface area contributed by atoms with Gasteiger partial charge in [0.05, 0.1) is 11.1 Å². The van der Waals surface area contributed by atoms with E-state index < -0.39 is 17.3 Å². The largest absolute Gasteiger partial charge is 0.384 e. The number of nitrogens with one attached hydrogen (secondary N) is 1. The lowest BCUT2D eigenvalue weighted by atomic mass is 9.84. The Hall–Kier alpha value is -2.20. The van der Waals surface area contributed by atoms with Gasteiger partial charge >= 0.3 is 0 Å².